The van der Waals surface area contributed by atoms with Gasteiger partial charge in [0.05, 0.1) is 12.0 Å². The van der Waals surface area contributed by atoms with Gasteiger partial charge >= 0.3 is 0 Å². The number of nitrogens with zero attached hydrogens (tertiary/aromatic N) is 1. The third-order valence-corrected chi connectivity index (χ3v) is 6.47. The van der Waals surface area contributed by atoms with Crippen molar-refractivity contribution < 1.29 is 14.2 Å². The standard InChI is InChI=1S/C21H17NO3S/c1-2-6-17-15(5-1)21(11-22(17)10-14-4-3-7-26-14)12-23-18-9-20-19(8-16(18)21)24-13-25-20/h1-9H,10-13H2. The van der Waals surface area contributed by atoms with E-state index in [4.69, 9.17) is 14.2 Å². The second kappa shape index (κ2) is 5.17. The monoisotopic (exact) mass is 363 g/mol. The van der Waals surface area contributed by atoms with E-state index in [0.29, 0.717) is 6.61 Å². The second-order valence-electron chi connectivity index (χ2n) is 7.02. The van der Waals surface area contributed by atoms with Crippen molar-refractivity contribution in [1.82, 2.24) is 0 Å². The number of hydrogen-bond acceptors (Lipinski definition) is 5. The van der Waals surface area contributed by atoms with Gasteiger partial charge in [0.25, 0.3) is 0 Å². The van der Waals surface area contributed by atoms with Crippen LogP contribution in [0, 0.1) is 0 Å². The summed E-state index contributed by atoms with van der Waals surface area (Å²) in [6, 6.07) is 17.1. The minimum atomic E-state index is -0.149. The molecule has 0 radical (unpaired) electrons. The summed E-state index contributed by atoms with van der Waals surface area (Å²) in [7, 11) is 0. The van der Waals surface area contributed by atoms with Crippen molar-refractivity contribution in [3.63, 3.8) is 0 Å². The minimum absolute atomic E-state index is 0.149. The van der Waals surface area contributed by atoms with Gasteiger partial charge in [0.15, 0.2) is 11.5 Å². The Morgan fingerprint density at radius 1 is 0.923 bits per heavy atom. The Morgan fingerprint density at radius 3 is 2.69 bits per heavy atom. The summed E-state index contributed by atoms with van der Waals surface area (Å²) < 4.78 is 17.3. The average molecular weight is 363 g/mol. The third kappa shape index (κ3) is 1.89. The minimum Gasteiger partial charge on any atom is -0.492 e. The molecular formula is C21H17NO3S. The van der Waals surface area contributed by atoms with Crippen molar-refractivity contribution in [1.29, 1.82) is 0 Å². The number of benzene rings is 2. The van der Waals surface area contributed by atoms with E-state index < -0.39 is 0 Å². The van der Waals surface area contributed by atoms with Crippen LogP contribution in [0.3, 0.4) is 0 Å². The zero-order valence-corrected chi connectivity index (χ0v) is 14.9. The molecule has 0 aliphatic carbocycles. The molecule has 0 N–H and O–H groups in total. The number of hydrogen-bond donors (Lipinski definition) is 0. The molecule has 1 unspecified atom stereocenters. The summed E-state index contributed by atoms with van der Waals surface area (Å²) in [5.74, 6) is 2.52. The fourth-order valence-corrected chi connectivity index (χ4v) is 5.15. The lowest BCUT2D eigenvalue weighted by Crippen LogP contribution is -2.35. The molecule has 0 fully saturated rings. The molecule has 3 aliphatic rings. The number of thiophene rings is 1. The van der Waals surface area contributed by atoms with Crippen molar-refractivity contribution in [3.8, 4) is 17.2 Å². The van der Waals surface area contributed by atoms with Crippen LogP contribution in [0.25, 0.3) is 0 Å². The van der Waals surface area contributed by atoms with Gasteiger partial charge in [0, 0.05) is 28.7 Å². The van der Waals surface area contributed by atoms with Gasteiger partial charge in [-0.1, -0.05) is 24.3 Å². The molecule has 26 heavy (non-hydrogen) atoms. The summed E-state index contributed by atoms with van der Waals surface area (Å²) in [6.45, 7) is 2.78. The summed E-state index contributed by atoms with van der Waals surface area (Å²) in [4.78, 5) is 3.85. The van der Waals surface area contributed by atoms with Crippen molar-refractivity contribution in [3.05, 3.63) is 69.9 Å². The number of anilines is 1. The zero-order valence-electron chi connectivity index (χ0n) is 14.1. The van der Waals surface area contributed by atoms with Crippen LogP contribution >= 0.6 is 11.3 Å². The summed E-state index contributed by atoms with van der Waals surface area (Å²) >= 11 is 1.81. The first kappa shape index (κ1) is 14.5. The topological polar surface area (TPSA) is 30.9 Å². The highest BCUT2D eigenvalue weighted by Crippen LogP contribution is 2.54. The van der Waals surface area contributed by atoms with Gasteiger partial charge in [-0.2, -0.15) is 0 Å². The van der Waals surface area contributed by atoms with Crippen LogP contribution in [0.15, 0.2) is 53.9 Å². The molecule has 5 heteroatoms. The zero-order chi connectivity index (χ0) is 17.1. The molecule has 0 amide bonds. The first-order chi connectivity index (χ1) is 12.8. The van der Waals surface area contributed by atoms with E-state index in [1.54, 1.807) is 0 Å². The van der Waals surface area contributed by atoms with Crippen molar-refractivity contribution in [2.75, 3.05) is 24.8 Å². The van der Waals surface area contributed by atoms with E-state index in [-0.39, 0.29) is 12.2 Å². The fourth-order valence-electron chi connectivity index (χ4n) is 4.43. The van der Waals surface area contributed by atoms with Gasteiger partial charge in [0.2, 0.25) is 6.79 Å². The highest BCUT2D eigenvalue weighted by atomic mass is 32.1. The van der Waals surface area contributed by atoms with Crippen LogP contribution in [0.4, 0.5) is 5.69 Å². The van der Waals surface area contributed by atoms with Gasteiger partial charge in [-0.05, 0) is 29.1 Å². The van der Waals surface area contributed by atoms with E-state index >= 15 is 0 Å². The Hall–Kier alpha value is -2.66. The summed E-state index contributed by atoms with van der Waals surface area (Å²) in [5.41, 5.74) is 3.71. The average Bonchev–Trinajstić information content (AvgIpc) is 3.44. The number of rotatable bonds is 2. The molecule has 4 heterocycles. The Bertz CT molecular complexity index is 1000. The first-order valence-electron chi connectivity index (χ1n) is 8.77. The molecule has 0 bridgehead atoms. The number of para-hydroxylation sites is 1. The largest absolute Gasteiger partial charge is 0.492 e. The summed E-state index contributed by atoms with van der Waals surface area (Å²) in [5, 5.41) is 2.14. The van der Waals surface area contributed by atoms with Crippen LogP contribution in [-0.2, 0) is 12.0 Å². The van der Waals surface area contributed by atoms with Crippen molar-refractivity contribution in [2.24, 2.45) is 0 Å². The van der Waals surface area contributed by atoms with Crippen molar-refractivity contribution >= 4 is 17.0 Å². The third-order valence-electron chi connectivity index (χ3n) is 5.61. The summed E-state index contributed by atoms with van der Waals surface area (Å²) in [6.07, 6.45) is 0. The van der Waals surface area contributed by atoms with E-state index in [0.717, 1.165) is 30.3 Å². The molecule has 3 aliphatic heterocycles. The van der Waals surface area contributed by atoms with E-state index in [1.807, 2.05) is 17.4 Å². The SMILES string of the molecule is c1csc(CN2CC3(COc4cc5c(cc43)OCO5)c3ccccc32)c1. The quantitative estimate of drug-likeness (QED) is 0.684. The van der Waals surface area contributed by atoms with E-state index in [1.165, 1.54) is 21.7 Å². The Labute approximate surface area is 155 Å². The molecule has 1 aromatic heterocycles. The molecule has 4 nitrogen and oxygen atoms in total. The molecule has 130 valence electrons. The lowest BCUT2D eigenvalue weighted by atomic mass is 9.77. The van der Waals surface area contributed by atoms with Crippen LogP contribution in [0.1, 0.15) is 16.0 Å². The molecule has 1 atom stereocenters. The normalized spacial score (nSPS) is 21.8. The Kier molecular flexibility index (Phi) is 2.89. The first-order valence-corrected chi connectivity index (χ1v) is 9.65. The molecular weight excluding hydrogens is 346 g/mol. The number of ether oxygens (including phenoxy) is 3. The highest BCUT2D eigenvalue weighted by Gasteiger charge is 2.50. The Morgan fingerprint density at radius 2 is 1.81 bits per heavy atom. The van der Waals surface area contributed by atoms with Gasteiger partial charge in [-0.25, -0.2) is 0 Å². The smallest absolute Gasteiger partial charge is 0.231 e. The second-order valence-corrected chi connectivity index (χ2v) is 8.06. The van der Waals surface area contributed by atoms with Crippen LogP contribution in [0.2, 0.25) is 0 Å². The van der Waals surface area contributed by atoms with Gasteiger partial charge in [0.1, 0.15) is 12.4 Å². The predicted octanol–water partition coefficient (Wildman–Crippen LogP) is 4.18. The maximum atomic E-state index is 6.14. The highest BCUT2D eigenvalue weighted by molar-refractivity contribution is 7.09. The van der Waals surface area contributed by atoms with E-state index in [2.05, 4.69) is 52.7 Å². The molecule has 3 aromatic rings. The fraction of sp³-hybridized carbons (Fsp3) is 0.238. The van der Waals surface area contributed by atoms with Crippen molar-refractivity contribution in [2.45, 2.75) is 12.0 Å². The van der Waals surface area contributed by atoms with E-state index in [9.17, 15) is 0 Å². The Balaban J connectivity index is 1.48. The number of fused-ring (bicyclic) bond motifs is 5. The molecule has 0 saturated carbocycles. The van der Waals surface area contributed by atoms with Crippen LogP contribution < -0.4 is 19.1 Å². The maximum Gasteiger partial charge on any atom is 0.231 e. The molecule has 2 aromatic carbocycles. The molecule has 1 spiro atoms. The van der Waals surface area contributed by atoms with Gasteiger partial charge in [-0.3, -0.25) is 0 Å². The lowest BCUT2D eigenvalue weighted by molar-refractivity contribution is 0.173. The van der Waals surface area contributed by atoms with Crippen LogP contribution in [-0.4, -0.2) is 19.9 Å². The lowest BCUT2D eigenvalue weighted by Gasteiger charge is -2.25. The van der Waals surface area contributed by atoms with Gasteiger partial charge < -0.3 is 19.1 Å². The predicted molar refractivity (Wildman–Crippen MR) is 101 cm³/mol. The molecule has 0 saturated heterocycles. The van der Waals surface area contributed by atoms with Crippen LogP contribution in [0.5, 0.6) is 17.2 Å². The molecule has 6 rings (SSSR count). The van der Waals surface area contributed by atoms with Gasteiger partial charge in [-0.15, -0.1) is 11.3 Å². The maximum absolute atomic E-state index is 6.14.